The Balaban J connectivity index is 2.15. The van der Waals surface area contributed by atoms with E-state index in [2.05, 4.69) is 10.3 Å². The molecule has 21 heavy (non-hydrogen) atoms. The van der Waals surface area contributed by atoms with Gasteiger partial charge in [-0.2, -0.15) is 4.52 Å². The van der Waals surface area contributed by atoms with E-state index in [0.717, 1.165) is 0 Å². The molecule has 2 heterocycles. The van der Waals surface area contributed by atoms with Gasteiger partial charge in [0.1, 0.15) is 5.82 Å². The second-order valence-corrected chi connectivity index (χ2v) is 4.54. The third-order valence-electron chi connectivity index (χ3n) is 3.30. The molecule has 4 rings (SSSR count). The van der Waals surface area contributed by atoms with Crippen LogP contribution in [0.25, 0.3) is 27.9 Å². The van der Waals surface area contributed by atoms with Gasteiger partial charge in [-0.25, -0.2) is 9.18 Å². The fourth-order valence-corrected chi connectivity index (χ4v) is 2.32. The zero-order valence-corrected chi connectivity index (χ0v) is 10.7. The molecule has 6 heteroatoms. The summed E-state index contributed by atoms with van der Waals surface area (Å²) in [6.45, 7) is 0. The van der Waals surface area contributed by atoms with Crippen LogP contribution in [0.5, 0.6) is 0 Å². The molecule has 0 fully saturated rings. The Kier molecular flexibility index (Phi) is 2.38. The van der Waals surface area contributed by atoms with Crippen LogP contribution in [0.3, 0.4) is 0 Å². The van der Waals surface area contributed by atoms with Gasteiger partial charge in [-0.15, -0.1) is 5.10 Å². The molecule has 0 spiro atoms. The van der Waals surface area contributed by atoms with Crippen molar-refractivity contribution in [2.45, 2.75) is 0 Å². The summed E-state index contributed by atoms with van der Waals surface area (Å²) in [5.74, 6) is -0.448. The lowest BCUT2D eigenvalue weighted by molar-refractivity contribution is 0.543. The Labute approximate surface area is 117 Å². The lowest BCUT2D eigenvalue weighted by atomic mass is 10.1. The molecule has 0 saturated heterocycles. The summed E-state index contributed by atoms with van der Waals surface area (Å²) in [6.07, 6.45) is 0. The first-order chi connectivity index (χ1) is 10.3. The Morgan fingerprint density at radius 2 is 1.81 bits per heavy atom. The fourth-order valence-electron chi connectivity index (χ4n) is 2.32. The molecule has 0 aliphatic rings. The van der Waals surface area contributed by atoms with Crippen molar-refractivity contribution in [1.29, 1.82) is 0 Å². The van der Waals surface area contributed by atoms with Crippen LogP contribution in [0.1, 0.15) is 0 Å². The zero-order valence-electron chi connectivity index (χ0n) is 10.7. The standard InChI is InChI=1S/C15H8FN3O2/c16-11-7-3-1-5-9(11)13-14-19(18-17-13)12-8-4-2-6-10(12)15(20)21-14/h1-8H. The van der Waals surface area contributed by atoms with Crippen molar-refractivity contribution < 1.29 is 8.81 Å². The molecule has 2 aromatic heterocycles. The molecule has 0 aliphatic heterocycles. The van der Waals surface area contributed by atoms with E-state index in [1.807, 2.05) is 0 Å². The van der Waals surface area contributed by atoms with Crippen LogP contribution in [0, 0.1) is 5.82 Å². The molecule has 102 valence electrons. The molecule has 0 radical (unpaired) electrons. The molecule has 0 atom stereocenters. The van der Waals surface area contributed by atoms with Crippen LogP contribution in [-0.4, -0.2) is 14.8 Å². The van der Waals surface area contributed by atoms with Gasteiger partial charge < -0.3 is 4.42 Å². The van der Waals surface area contributed by atoms with Crippen molar-refractivity contribution in [1.82, 2.24) is 14.8 Å². The molecule has 0 amide bonds. The monoisotopic (exact) mass is 281 g/mol. The molecule has 0 unspecified atom stereocenters. The topological polar surface area (TPSA) is 60.4 Å². The summed E-state index contributed by atoms with van der Waals surface area (Å²) < 4.78 is 20.6. The summed E-state index contributed by atoms with van der Waals surface area (Å²) in [7, 11) is 0. The number of hydrogen-bond acceptors (Lipinski definition) is 4. The third-order valence-corrected chi connectivity index (χ3v) is 3.30. The number of nitrogens with zero attached hydrogens (tertiary/aromatic N) is 3. The zero-order chi connectivity index (χ0) is 14.4. The van der Waals surface area contributed by atoms with Crippen molar-refractivity contribution in [3.8, 4) is 11.3 Å². The maximum atomic E-state index is 13.9. The normalized spacial score (nSPS) is 11.3. The van der Waals surface area contributed by atoms with Crippen LogP contribution in [0.4, 0.5) is 4.39 Å². The second-order valence-electron chi connectivity index (χ2n) is 4.54. The first-order valence-electron chi connectivity index (χ1n) is 6.28. The third kappa shape index (κ3) is 1.66. The highest BCUT2D eigenvalue weighted by molar-refractivity contribution is 5.82. The Morgan fingerprint density at radius 1 is 1.05 bits per heavy atom. The van der Waals surface area contributed by atoms with E-state index >= 15 is 0 Å². The minimum atomic E-state index is -0.502. The summed E-state index contributed by atoms with van der Waals surface area (Å²) in [6, 6.07) is 13.0. The number of aromatic nitrogens is 3. The van der Waals surface area contributed by atoms with Crippen LogP contribution in [-0.2, 0) is 0 Å². The number of rotatable bonds is 1. The summed E-state index contributed by atoms with van der Waals surface area (Å²) in [4.78, 5) is 12.0. The van der Waals surface area contributed by atoms with Crippen molar-refractivity contribution in [2.24, 2.45) is 0 Å². The molecular formula is C15H8FN3O2. The highest BCUT2D eigenvalue weighted by Gasteiger charge is 2.17. The minimum Gasteiger partial charge on any atom is -0.401 e. The maximum Gasteiger partial charge on any atom is 0.347 e. The number of benzene rings is 2. The number of para-hydroxylation sites is 1. The fraction of sp³-hybridized carbons (Fsp3) is 0. The molecule has 0 saturated carbocycles. The van der Waals surface area contributed by atoms with Crippen molar-refractivity contribution in [2.75, 3.05) is 0 Å². The van der Waals surface area contributed by atoms with E-state index in [-0.39, 0.29) is 17.0 Å². The van der Waals surface area contributed by atoms with E-state index in [1.165, 1.54) is 10.6 Å². The van der Waals surface area contributed by atoms with Gasteiger partial charge in [-0.3, -0.25) is 0 Å². The van der Waals surface area contributed by atoms with E-state index in [1.54, 1.807) is 42.5 Å². The van der Waals surface area contributed by atoms with Crippen LogP contribution in [0.2, 0.25) is 0 Å². The lowest BCUT2D eigenvalue weighted by Crippen LogP contribution is -2.04. The van der Waals surface area contributed by atoms with Gasteiger partial charge in [0.15, 0.2) is 5.69 Å². The van der Waals surface area contributed by atoms with E-state index < -0.39 is 11.4 Å². The average Bonchev–Trinajstić information content (AvgIpc) is 2.92. The van der Waals surface area contributed by atoms with Crippen LogP contribution in [0.15, 0.2) is 57.7 Å². The van der Waals surface area contributed by atoms with Crippen LogP contribution >= 0.6 is 0 Å². The number of halogens is 1. The molecule has 0 bridgehead atoms. The van der Waals surface area contributed by atoms with Crippen molar-refractivity contribution in [3.05, 3.63) is 64.8 Å². The number of hydrogen-bond donors (Lipinski definition) is 0. The van der Waals surface area contributed by atoms with Crippen molar-refractivity contribution >= 4 is 16.6 Å². The van der Waals surface area contributed by atoms with Gasteiger partial charge in [-0.1, -0.05) is 29.5 Å². The summed E-state index contributed by atoms with van der Waals surface area (Å²) >= 11 is 0. The molecule has 4 aromatic rings. The highest BCUT2D eigenvalue weighted by atomic mass is 19.1. The highest BCUT2D eigenvalue weighted by Crippen LogP contribution is 2.25. The first-order valence-corrected chi connectivity index (χ1v) is 6.28. The largest absolute Gasteiger partial charge is 0.401 e. The predicted molar refractivity (Wildman–Crippen MR) is 74.4 cm³/mol. The van der Waals surface area contributed by atoms with Gasteiger partial charge in [0.25, 0.3) is 5.71 Å². The SMILES string of the molecule is O=c1oc2c(-c3ccccc3F)nnn2c2ccccc12. The molecule has 5 nitrogen and oxygen atoms in total. The smallest absolute Gasteiger partial charge is 0.347 e. The van der Waals surface area contributed by atoms with Crippen LogP contribution < -0.4 is 5.63 Å². The Hall–Kier alpha value is -3.02. The van der Waals surface area contributed by atoms with Gasteiger partial charge in [0.05, 0.1) is 10.9 Å². The maximum absolute atomic E-state index is 13.9. The predicted octanol–water partition coefficient (Wildman–Crippen LogP) is 2.64. The lowest BCUT2D eigenvalue weighted by Gasteiger charge is -2.00. The Bertz CT molecular complexity index is 1040. The van der Waals surface area contributed by atoms with E-state index in [0.29, 0.717) is 10.9 Å². The van der Waals surface area contributed by atoms with Crippen molar-refractivity contribution in [3.63, 3.8) is 0 Å². The molecule has 0 aliphatic carbocycles. The summed E-state index contributed by atoms with van der Waals surface area (Å²) in [5.41, 5.74) is 0.641. The molecular weight excluding hydrogens is 273 g/mol. The second kappa shape index (κ2) is 4.24. The van der Waals surface area contributed by atoms with Gasteiger partial charge in [0.2, 0.25) is 0 Å². The minimum absolute atomic E-state index is 0.129. The van der Waals surface area contributed by atoms with E-state index in [9.17, 15) is 9.18 Å². The number of fused-ring (bicyclic) bond motifs is 3. The first kappa shape index (κ1) is 11.8. The van der Waals surface area contributed by atoms with Gasteiger partial charge >= 0.3 is 5.63 Å². The van der Waals surface area contributed by atoms with Gasteiger partial charge in [0, 0.05) is 5.56 Å². The van der Waals surface area contributed by atoms with E-state index in [4.69, 9.17) is 4.42 Å². The average molecular weight is 281 g/mol. The van der Waals surface area contributed by atoms with Gasteiger partial charge in [-0.05, 0) is 24.3 Å². The Morgan fingerprint density at radius 3 is 2.67 bits per heavy atom. The quantitative estimate of drug-likeness (QED) is 0.538. The molecule has 0 N–H and O–H groups in total. The molecule has 2 aromatic carbocycles. The summed E-state index contributed by atoms with van der Waals surface area (Å²) in [5, 5.41) is 8.33.